The van der Waals surface area contributed by atoms with E-state index < -0.39 is 0 Å². The molecule has 0 aliphatic rings. The van der Waals surface area contributed by atoms with E-state index in [2.05, 4.69) is 20.5 Å². The summed E-state index contributed by atoms with van der Waals surface area (Å²) in [6, 6.07) is 7.99. The number of aromatic amines is 1. The number of anilines is 1. The molecule has 2 heterocycles. The van der Waals surface area contributed by atoms with Crippen molar-refractivity contribution >= 4 is 39.6 Å². The van der Waals surface area contributed by atoms with E-state index in [0.717, 1.165) is 16.5 Å². The quantitative estimate of drug-likeness (QED) is 0.440. The maximum atomic E-state index is 11.5. The van der Waals surface area contributed by atoms with Crippen LogP contribution in [0.25, 0.3) is 10.9 Å². The molecular formula is C15H14N4O2S. The largest absolute Gasteiger partial charge is 0.465 e. The number of esters is 1. The van der Waals surface area contributed by atoms with Crippen LogP contribution in [0, 0.1) is 6.92 Å². The third-order valence-electron chi connectivity index (χ3n) is 3.15. The van der Waals surface area contributed by atoms with Crippen LogP contribution in [0.3, 0.4) is 0 Å². The molecule has 0 unspecified atom stereocenters. The zero-order valence-corrected chi connectivity index (χ0v) is 12.9. The number of H-pyrrole nitrogens is 1. The van der Waals surface area contributed by atoms with Crippen LogP contribution in [-0.4, -0.2) is 29.3 Å². The number of rotatable bonds is 4. The first-order valence-electron chi connectivity index (χ1n) is 6.60. The first-order valence-corrected chi connectivity index (χ1v) is 7.41. The highest BCUT2D eigenvalue weighted by atomic mass is 32.1. The van der Waals surface area contributed by atoms with Crippen molar-refractivity contribution in [1.82, 2.24) is 9.97 Å². The normalized spacial score (nSPS) is 11.2. The summed E-state index contributed by atoms with van der Waals surface area (Å²) >= 11 is 1.21. The van der Waals surface area contributed by atoms with Crippen molar-refractivity contribution in [2.45, 2.75) is 6.92 Å². The minimum Gasteiger partial charge on any atom is -0.465 e. The zero-order valence-electron chi connectivity index (χ0n) is 12.1. The summed E-state index contributed by atoms with van der Waals surface area (Å²) < 4.78 is 4.70. The predicted octanol–water partition coefficient (Wildman–Crippen LogP) is 3.17. The maximum absolute atomic E-state index is 11.5. The lowest BCUT2D eigenvalue weighted by Gasteiger charge is -1.93. The fourth-order valence-corrected chi connectivity index (χ4v) is 2.92. The molecule has 2 N–H and O–H groups in total. The van der Waals surface area contributed by atoms with Gasteiger partial charge in [-0.15, -0.1) is 0 Å². The SMILES string of the molecule is COC(=O)c1sc(N/N=C\c2c[nH]c3ccccc23)nc1C. The van der Waals surface area contributed by atoms with Gasteiger partial charge in [0.1, 0.15) is 4.88 Å². The van der Waals surface area contributed by atoms with Gasteiger partial charge in [-0.1, -0.05) is 29.5 Å². The number of para-hydroxylation sites is 1. The summed E-state index contributed by atoms with van der Waals surface area (Å²) in [6.07, 6.45) is 3.61. The van der Waals surface area contributed by atoms with E-state index in [4.69, 9.17) is 4.74 Å². The number of benzene rings is 1. The highest BCUT2D eigenvalue weighted by molar-refractivity contribution is 7.17. The highest BCUT2D eigenvalue weighted by Crippen LogP contribution is 2.23. The van der Waals surface area contributed by atoms with Gasteiger partial charge in [0.2, 0.25) is 5.13 Å². The van der Waals surface area contributed by atoms with Crippen LogP contribution in [0.4, 0.5) is 5.13 Å². The molecule has 0 aliphatic carbocycles. The van der Waals surface area contributed by atoms with Gasteiger partial charge in [0.25, 0.3) is 0 Å². The second-order valence-electron chi connectivity index (χ2n) is 4.58. The predicted molar refractivity (Wildman–Crippen MR) is 87.7 cm³/mol. The molecule has 0 saturated carbocycles. The Balaban J connectivity index is 1.76. The Kier molecular flexibility index (Phi) is 3.88. The van der Waals surface area contributed by atoms with E-state index in [1.54, 1.807) is 13.1 Å². The number of nitrogens with zero attached hydrogens (tertiary/aromatic N) is 2. The van der Waals surface area contributed by atoms with E-state index in [1.807, 2.05) is 30.5 Å². The van der Waals surface area contributed by atoms with Crippen LogP contribution >= 0.6 is 11.3 Å². The topological polar surface area (TPSA) is 79.4 Å². The number of hydrazone groups is 1. The number of fused-ring (bicyclic) bond motifs is 1. The third kappa shape index (κ3) is 2.71. The molecule has 0 fully saturated rings. The molecule has 0 bridgehead atoms. The molecule has 0 aliphatic heterocycles. The molecular weight excluding hydrogens is 300 g/mol. The van der Waals surface area contributed by atoms with Gasteiger partial charge in [-0.2, -0.15) is 5.10 Å². The number of hydrogen-bond acceptors (Lipinski definition) is 6. The Labute approximate surface area is 130 Å². The summed E-state index contributed by atoms with van der Waals surface area (Å²) in [7, 11) is 1.35. The van der Waals surface area contributed by atoms with Crippen LogP contribution in [0.2, 0.25) is 0 Å². The van der Waals surface area contributed by atoms with Gasteiger partial charge in [0, 0.05) is 22.7 Å². The molecule has 3 aromatic rings. The van der Waals surface area contributed by atoms with E-state index in [-0.39, 0.29) is 5.97 Å². The summed E-state index contributed by atoms with van der Waals surface area (Å²) in [5.74, 6) is -0.386. The van der Waals surface area contributed by atoms with E-state index in [9.17, 15) is 4.79 Å². The molecule has 0 atom stereocenters. The fraction of sp³-hybridized carbons (Fsp3) is 0.133. The van der Waals surface area contributed by atoms with Gasteiger partial charge in [0.15, 0.2) is 0 Å². The molecule has 22 heavy (non-hydrogen) atoms. The first kappa shape index (κ1) is 14.3. The van der Waals surface area contributed by atoms with Gasteiger partial charge < -0.3 is 9.72 Å². The third-order valence-corrected chi connectivity index (χ3v) is 4.19. The van der Waals surface area contributed by atoms with E-state index in [1.165, 1.54) is 18.4 Å². The highest BCUT2D eigenvalue weighted by Gasteiger charge is 2.15. The van der Waals surface area contributed by atoms with Crippen molar-refractivity contribution in [3.8, 4) is 0 Å². The molecule has 0 spiro atoms. The number of aryl methyl sites for hydroxylation is 1. The van der Waals surface area contributed by atoms with Gasteiger partial charge >= 0.3 is 5.97 Å². The van der Waals surface area contributed by atoms with Gasteiger partial charge in [-0.25, -0.2) is 9.78 Å². The molecule has 0 radical (unpaired) electrons. The average molecular weight is 314 g/mol. The van der Waals surface area contributed by atoms with Gasteiger partial charge in [-0.3, -0.25) is 5.43 Å². The Bertz CT molecular complexity index is 850. The van der Waals surface area contributed by atoms with Crippen LogP contribution in [0.1, 0.15) is 20.9 Å². The number of ether oxygens (including phenoxy) is 1. The molecule has 0 saturated heterocycles. The molecule has 2 aromatic heterocycles. The lowest BCUT2D eigenvalue weighted by Crippen LogP contribution is -1.99. The molecule has 112 valence electrons. The van der Waals surface area contributed by atoms with Crippen molar-refractivity contribution in [2.75, 3.05) is 12.5 Å². The van der Waals surface area contributed by atoms with Crippen LogP contribution < -0.4 is 5.43 Å². The minimum atomic E-state index is -0.386. The summed E-state index contributed by atoms with van der Waals surface area (Å²) in [4.78, 5) is 19.4. The number of nitrogens with one attached hydrogen (secondary N) is 2. The monoisotopic (exact) mass is 314 g/mol. The van der Waals surface area contributed by atoms with Crippen molar-refractivity contribution in [2.24, 2.45) is 5.10 Å². The molecule has 1 aromatic carbocycles. The van der Waals surface area contributed by atoms with Crippen molar-refractivity contribution in [3.63, 3.8) is 0 Å². The average Bonchev–Trinajstić information content (AvgIpc) is 3.11. The Morgan fingerprint density at radius 2 is 2.27 bits per heavy atom. The number of hydrogen-bond donors (Lipinski definition) is 2. The smallest absolute Gasteiger partial charge is 0.350 e. The number of carbonyl (C=O) groups excluding carboxylic acids is 1. The number of aromatic nitrogens is 2. The number of carbonyl (C=O) groups is 1. The van der Waals surface area contributed by atoms with Gasteiger partial charge in [0.05, 0.1) is 19.0 Å². The second kappa shape index (κ2) is 5.98. The number of thiazole rings is 1. The molecule has 7 heteroatoms. The summed E-state index contributed by atoms with van der Waals surface area (Å²) in [6.45, 7) is 1.76. The summed E-state index contributed by atoms with van der Waals surface area (Å²) in [5, 5.41) is 5.82. The van der Waals surface area contributed by atoms with E-state index in [0.29, 0.717) is 15.7 Å². The van der Waals surface area contributed by atoms with Crippen molar-refractivity contribution in [3.05, 3.63) is 46.6 Å². The Morgan fingerprint density at radius 1 is 1.45 bits per heavy atom. The number of methoxy groups -OCH3 is 1. The maximum Gasteiger partial charge on any atom is 0.350 e. The molecule has 0 amide bonds. The molecule has 6 nitrogen and oxygen atoms in total. The fourth-order valence-electron chi connectivity index (χ4n) is 2.08. The summed E-state index contributed by atoms with van der Waals surface area (Å²) in [5.41, 5.74) is 5.50. The van der Waals surface area contributed by atoms with Crippen LogP contribution in [-0.2, 0) is 4.74 Å². The lowest BCUT2D eigenvalue weighted by atomic mass is 10.2. The van der Waals surface area contributed by atoms with Crippen molar-refractivity contribution in [1.29, 1.82) is 0 Å². The van der Waals surface area contributed by atoms with Crippen LogP contribution in [0.5, 0.6) is 0 Å². The second-order valence-corrected chi connectivity index (χ2v) is 5.58. The molecule has 3 rings (SSSR count). The minimum absolute atomic E-state index is 0.386. The van der Waals surface area contributed by atoms with Gasteiger partial charge in [-0.05, 0) is 13.0 Å². The first-order chi connectivity index (χ1) is 10.7. The standard InChI is InChI=1S/C15H14N4O2S/c1-9-13(14(20)21-2)22-15(18-9)19-17-8-10-7-16-12-6-4-3-5-11(10)12/h3-8,16H,1-2H3,(H,18,19)/b17-8-. The lowest BCUT2D eigenvalue weighted by molar-refractivity contribution is 0.0605. The van der Waals surface area contributed by atoms with E-state index >= 15 is 0 Å². The Hall–Kier alpha value is -2.67. The Morgan fingerprint density at radius 3 is 3.09 bits per heavy atom. The van der Waals surface area contributed by atoms with Crippen LogP contribution in [0.15, 0.2) is 35.6 Å². The zero-order chi connectivity index (χ0) is 15.5. The van der Waals surface area contributed by atoms with Crippen molar-refractivity contribution < 1.29 is 9.53 Å².